The van der Waals surface area contributed by atoms with Gasteiger partial charge in [-0.2, -0.15) is 0 Å². The molecule has 0 saturated carbocycles. The topological polar surface area (TPSA) is 127 Å². The number of aromatic carboxylic acids is 1. The van der Waals surface area contributed by atoms with E-state index in [1.807, 2.05) is 0 Å². The van der Waals surface area contributed by atoms with Crippen molar-refractivity contribution in [3.63, 3.8) is 0 Å². The predicted molar refractivity (Wildman–Crippen MR) is 67.1 cm³/mol. The number of hydrogen-bond donors (Lipinski definition) is 3. The van der Waals surface area contributed by atoms with Crippen LogP contribution in [0.4, 0.5) is 4.39 Å². The zero-order valence-electron chi connectivity index (χ0n) is 10.5. The van der Waals surface area contributed by atoms with E-state index in [1.165, 1.54) is 6.92 Å². The Morgan fingerprint density at radius 1 is 1.40 bits per heavy atom. The zero-order chi connectivity index (χ0) is 15.5. The molecule has 1 rings (SSSR count). The van der Waals surface area contributed by atoms with Crippen LogP contribution < -0.4 is 10.5 Å². The van der Waals surface area contributed by atoms with Crippen molar-refractivity contribution in [1.29, 1.82) is 0 Å². The second-order valence-electron chi connectivity index (χ2n) is 4.00. The van der Waals surface area contributed by atoms with Crippen LogP contribution in [0.3, 0.4) is 0 Å². The zero-order valence-corrected chi connectivity index (χ0v) is 11.3. The SMILES string of the molecule is Cc1c(F)cc(C(=O)O)cc1S(=O)(=O)NCCC(N)=O. The number of halogens is 1. The minimum atomic E-state index is -4.13. The molecule has 0 aliphatic carbocycles. The third-order valence-corrected chi connectivity index (χ3v) is 4.08. The Kier molecular flexibility index (Phi) is 4.79. The molecule has 0 bridgehead atoms. The predicted octanol–water partition coefficient (Wildman–Crippen LogP) is -0.0140. The Hall–Kier alpha value is -2.00. The maximum atomic E-state index is 13.6. The lowest BCUT2D eigenvalue weighted by Gasteiger charge is -2.10. The normalized spacial score (nSPS) is 11.3. The fourth-order valence-electron chi connectivity index (χ4n) is 1.44. The Bertz CT molecular complexity index is 657. The third-order valence-electron chi connectivity index (χ3n) is 2.50. The van der Waals surface area contributed by atoms with E-state index in [0.717, 1.165) is 12.1 Å². The smallest absolute Gasteiger partial charge is 0.335 e. The molecule has 0 aliphatic rings. The molecule has 7 nitrogen and oxygen atoms in total. The van der Waals surface area contributed by atoms with Gasteiger partial charge in [-0.05, 0) is 19.1 Å². The van der Waals surface area contributed by atoms with Crippen molar-refractivity contribution in [3.8, 4) is 0 Å². The molecule has 0 atom stereocenters. The Morgan fingerprint density at radius 3 is 2.50 bits per heavy atom. The van der Waals surface area contributed by atoms with Crippen molar-refractivity contribution < 1.29 is 27.5 Å². The number of rotatable bonds is 6. The van der Waals surface area contributed by atoms with Crippen molar-refractivity contribution in [2.45, 2.75) is 18.2 Å². The van der Waals surface area contributed by atoms with Crippen LogP contribution in [0, 0.1) is 12.7 Å². The van der Waals surface area contributed by atoms with Crippen LogP contribution in [0.15, 0.2) is 17.0 Å². The van der Waals surface area contributed by atoms with Crippen molar-refractivity contribution in [2.75, 3.05) is 6.54 Å². The molecule has 0 saturated heterocycles. The van der Waals surface area contributed by atoms with Gasteiger partial charge < -0.3 is 10.8 Å². The van der Waals surface area contributed by atoms with Gasteiger partial charge in [0.25, 0.3) is 0 Å². The van der Waals surface area contributed by atoms with E-state index in [1.54, 1.807) is 0 Å². The van der Waals surface area contributed by atoms with Gasteiger partial charge in [-0.3, -0.25) is 4.79 Å². The summed E-state index contributed by atoms with van der Waals surface area (Å²) < 4.78 is 39.5. The molecule has 0 heterocycles. The lowest BCUT2D eigenvalue weighted by Crippen LogP contribution is -2.29. The molecule has 1 amide bonds. The summed E-state index contributed by atoms with van der Waals surface area (Å²) in [5, 5.41) is 8.80. The first kappa shape index (κ1) is 16.1. The van der Waals surface area contributed by atoms with Crippen LogP contribution in [-0.4, -0.2) is 31.9 Å². The van der Waals surface area contributed by atoms with E-state index in [9.17, 15) is 22.4 Å². The van der Waals surface area contributed by atoms with Crippen molar-refractivity contribution >= 4 is 21.9 Å². The highest BCUT2D eigenvalue weighted by Gasteiger charge is 2.21. The van der Waals surface area contributed by atoms with Crippen LogP contribution in [0.25, 0.3) is 0 Å². The molecule has 20 heavy (non-hydrogen) atoms. The summed E-state index contributed by atoms with van der Waals surface area (Å²) in [7, 11) is -4.13. The molecule has 4 N–H and O–H groups in total. The van der Waals surface area contributed by atoms with Crippen molar-refractivity contribution in [1.82, 2.24) is 4.72 Å². The van der Waals surface area contributed by atoms with E-state index in [0.29, 0.717) is 0 Å². The maximum absolute atomic E-state index is 13.6. The summed E-state index contributed by atoms with van der Waals surface area (Å²) in [6.07, 6.45) is -0.223. The van der Waals surface area contributed by atoms with Crippen LogP contribution in [0.2, 0.25) is 0 Å². The lowest BCUT2D eigenvalue weighted by atomic mass is 10.1. The number of hydrogen-bond acceptors (Lipinski definition) is 4. The number of primary amides is 1. The van der Waals surface area contributed by atoms with E-state index >= 15 is 0 Å². The number of benzene rings is 1. The number of amides is 1. The molecule has 0 aromatic heterocycles. The summed E-state index contributed by atoms with van der Waals surface area (Å²) >= 11 is 0. The molecular formula is C11H13FN2O5S. The first-order valence-electron chi connectivity index (χ1n) is 5.46. The van der Waals surface area contributed by atoms with Crippen LogP contribution in [0.1, 0.15) is 22.3 Å². The molecule has 0 spiro atoms. The number of nitrogens with one attached hydrogen (secondary N) is 1. The Balaban J connectivity index is 3.17. The standard InChI is InChI=1S/C11H13FN2O5S/c1-6-8(12)4-7(11(16)17)5-9(6)20(18,19)14-3-2-10(13)15/h4-5,14H,2-3H2,1H3,(H2,13,15)(H,16,17). The number of carbonyl (C=O) groups is 2. The summed E-state index contributed by atoms with van der Waals surface area (Å²) in [6, 6.07) is 1.59. The molecule has 0 radical (unpaired) electrons. The second kappa shape index (κ2) is 5.97. The summed E-state index contributed by atoms with van der Waals surface area (Å²) in [5.41, 5.74) is 4.18. The third kappa shape index (κ3) is 3.75. The fourth-order valence-corrected chi connectivity index (χ4v) is 2.75. The van der Waals surface area contributed by atoms with Crippen LogP contribution in [-0.2, 0) is 14.8 Å². The van der Waals surface area contributed by atoms with Crippen molar-refractivity contribution in [2.24, 2.45) is 5.73 Å². The molecule has 9 heteroatoms. The van der Waals surface area contributed by atoms with Gasteiger partial charge in [0.2, 0.25) is 15.9 Å². The monoisotopic (exact) mass is 304 g/mol. The average molecular weight is 304 g/mol. The molecule has 1 aromatic carbocycles. The highest BCUT2D eigenvalue weighted by molar-refractivity contribution is 7.89. The number of carboxylic acid groups (broad SMARTS) is 1. The summed E-state index contributed by atoms with van der Waals surface area (Å²) in [4.78, 5) is 20.9. The molecule has 0 aliphatic heterocycles. The number of carboxylic acids is 1. The van der Waals surface area contributed by atoms with Crippen molar-refractivity contribution in [3.05, 3.63) is 29.1 Å². The van der Waals surface area contributed by atoms with E-state index in [2.05, 4.69) is 4.72 Å². The van der Waals surface area contributed by atoms with E-state index in [4.69, 9.17) is 10.8 Å². The van der Waals surface area contributed by atoms with Gasteiger partial charge in [0.15, 0.2) is 0 Å². The van der Waals surface area contributed by atoms with E-state index < -0.39 is 38.2 Å². The first-order valence-corrected chi connectivity index (χ1v) is 6.95. The Labute approximate surface area is 114 Å². The average Bonchev–Trinajstić information content (AvgIpc) is 2.31. The van der Waals surface area contributed by atoms with Gasteiger partial charge in [-0.1, -0.05) is 0 Å². The van der Waals surface area contributed by atoms with Crippen LogP contribution in [0.5, 0.6) is 0 Å². The van der Waals surface area contributed by atoms with Gasteiger partial charge >= 0.3 is 5.97 Å². The number of nitrogens with two attached hydrogens (primary N) is 1. The summed E-state index contributed by atoms with van der Waals surface area (Å²) in [5.74, 6) is -3.09. The largest absolute Gasteiger partial charge is 0.478 e. The molecule has 110 valence electrons. The lowest BCUT2D eigenvalue weighted by molar-refractivity contribution is -0.117. The number of sulfonamides is 1. The van der Waals surface area contributed by atoms with Gasteiger partial charge in [0.05, 0.1) is 10.5 Å². The maximum Gasteiger partial charge on any atom is 0.335 e. The highest BCUT2D eigenvalue weighted by atomic mass is 32.2. The van der Waals surface area contributed by atoms with Gasteiger partial charge in [-0.15, -0.1) is 0 Å². The first-order chi connectivity index (χ1) is 9.15. The Morgan fingerprint density at radius 2 is 2.00 bits per heavy atom. The van der Waals surface area contributed by atoms with E-state index in [-0.39, 0.29) is 18.5 Å². The minimum absolute atomic E-state index is 0.207. The summed E-state index contributed by atoms with van der Waals surface area (Å²) in [6.45, 7) is 0.958. The quantitative estimate of drug-likeness (QED) is 0.681. The molecule has 0 unspecified atom stereocenters. The molecular weight excluding hydrogens is 291 g/mol. The van der Waals surface area contributed by atoms with Gasteiger partial charge in [0.1, 0.15) is 5.82 Å². The fraction of sp³-hybridized carbons (Fsp3) is 0.273. The number of carbonyl (C=O) groups excluding carboxylic acids is 1. The minimum Gasteiger partial charge on any atom is -0.478 e. The van der Waals surface area contributed by atoms with Crippen LogP contribution >= 0.6 is 0 Å². The van der Waals surface area contributed by atoms with Gasteiger partial charge in [-0.25, -0.2) is 22.3 Å². The highest BCUT2D eigenvalue weighted by Crippen LogP contribution is 2.20. The molecule has 0 fully saturated rings. The molecule has 1 aromatic rings. The second-order valence-corrected chi connectivity index (χ2v) is 5.74. The van der Waals surface area contributed by atoms with Gasteiger partial charge in [0, 0.05) is 18.5 Å².